The summed E-state index contributed by atoms with van der Waals surface area (Å²) >= 11 is 1.27. The van der Waals surface area contributed by atoms with Gasteiger partial charge in [-0.15, -0.1) is 11.8 Å². The van der Waals surface area contributed by atoms with Gasteiger partial charge in [0.05, 0.1) is 19.1 Å². The third-order valence-corrected chi connectivity index (χ3v) is 5.56. The van der Waals surface area contributed by atoms with E-state index in [4.69, 9.17) is 0 Å². The van der Waals surface area contributed by atoms with E-state index < -0.39 is 28.8 Å². The highest BCUT2D eigenvalue weighted by Gasteiger charge is 2.36. The summed E-state index contributed by atoms with van der Waals surface area (Å²) in [7, 11) is 1.27. The van der Waals surface area contributed by atoms with Crippen molar-refractivity contribution in [3.8, 4) is 0 Å². The van der Waals surface area contributed by atoms with Crippen LogP contribution in [0.1, 0.15) is 29.7 Å². The second kappa shape index (κ2) is 9.78. The molecule has 150 valence electrons. The zero-order chi connectivity index (χ0) is 20.7. The first-order chi connectivity index (χ1) is 13.2. The summed E-state index contributed by atoms with van der Waals surface area (Å²) in [6.07, 6.45) is -1.46. The number of rotatable bonds is 7. The Balaban J connectivity index is 2.40. The van der Waals surface area contributed by atoms with Crippen LogP contribution in [0.15, 0.2) is 65.6 Å². The number of benzene rings is 2. The van der Waals surface area contributed by atoms with Crippen molar-refractivity contribution < 1.29 is 27.1 Å². The van der Waals surface area contributed by atoms with Crippen LogP contribution in [0.5, 0.6) is 0 Å². The molecular formula is C21H20F4O2S. The summed E-state index contributed by atoms with van der Waals surface area (Å²) in [6, 6.07) is 12.4. The summed E-state index contributed by atoms with van der Waals surface area (Å²) in [4.78, 5) is 12.1. The summed E-state index contributed by atoms with van der Waals surface area (Å²) in [5.41, 5.74) is -1.31. The average Bonchev–Trinajstić information content (AvgIpc) is 2.66. The molecule has 2 atom stereocenters. The number of hydrogen-bond donors (Lipinski definition) is 0. The fraction of sp³-hybridized carbons (Fsp3) is 0.286. The van der Waals surface area contributed by atoms with Gasteiger partial charge in [0.25, 0.3) is 0 Å². The van der Waals surface area contributed by atoms with Gasteiger partial charge in [0.2, 0.25) is 0 Å². The Morgan fingerprint density at radius 1 is 1.14 bits per heavy atom. The lowest BCUT2D eigenvalue weighted by Gasteiger charge is -2.23. The number of allylic oxidation sites excluding steroid dienone is 1. The molecule has 7 heteroatoms. The number of alkyl halides is 3. The molecule has 0 saturated heterocycles. The lowest BCUT2D eigenvalue weighted by molar-refractivity contribution is -0.140. The van der Waals surface area contributed by atoms with E-state index in [1.165, 1.54) is 31.0 Å². The van der Waals surface area contributed by atoms with Gasteiger partial charge in [-0.05, 0) is 24.1 Å². The van der Waals surface area contributed by atoms with Gasteiger partial charge in [0.15, 0.2) is 0 Å². The Morgan fingerprint density at radius 2 is 1.82 bits per heavy atom. The smallest absolute Gasteiger partial charge is 0.419 e. The van der Waals surface area contributed by atoms with Gasteiger partial charge < -0.3 is 4.74 Å². The maximum atomic E-state index is 14.8. The second-order valence-corrected chi connectivity index (χ2v) is 7.34. The topological polar surface area (TPSA) is 26.3 Å². The minimum absolute atomic E-state index is 0.0288. The molecule has 0 spiro atoms. The van der Waals surface area contributed by atoms with E-state index in [0.717, 1.165) is 11.0 Å². The van der Waals surface area contributed by atoms with Crippen molar-refractivity contribution in [2.24, 2.45) is 5.92 Å². The lowest BCUT2D eigenvalue weighted by atomic mass is 9.97. The van der Waals surface area contributed by atoms with Crippen LogP contribution in [0, 0.1) is 11.7 Å². The first-order valence-electron chi connectivity index (χ1n) is 8.54. The highest BCUT2D eigenvalue weighted by molar-refractivity contribution is 7.99. The predicted molar refractivity (Wildman–Crippen MR) is 101 cm³/mol. The monoisotopic (exact) mass is 412 g/mol. The van der Waals surface area contributed by atoms with Gasteiger partial charge in [-0.3, -0.25) is 4.79 Å². The molecule has 0 aliphatic rings. The van der Waals surface area contributed by atoms with Crippen molar-refractivity contribution >= 4 is 17.7 Å². The molecule has 0 aliphatic carbocycles. The minimum atomic E-state index is -4.77. The second-order valence-electron chi connectivity index (χ2n) is 6.13. The number of esters is 1. The van der Waals surface area contributed by atoms with E-state index in [1.807, 2.05) is 18.2 Å². The van der Waals surface area contributed by atoms with Crippen LogP contribution in [0.3, 0.4) is 0 Å². The molecule has 2 aromatic carbocycles. The Labute approximate surface area is 165 Å². The average molecular weight is 412 g/mol. The molecule has 0 fully saturated rings. The number of carbonyl (C=O) groups is 1. The lowest BCUT2D eigenvalue weighted by Crippen LogP contribution is -2.13. The first kappa shape index (κ1) is 22.0. The Kier molecular flexibility index (Phi) is 7.69. The van der Waals surface area contributed by atoms with Gasteiger partial charge >= 0.3 is 12.1 Å². The number of ether oxygens (including phenoxy) is 1. The van der Waals surface area contributed by atoms with Crippen LogP contribution in [0.4, 0.5) is 17.6 Å². The zero-order valence-corrected chi connectivity index (χ0v) is 16.2. The zero-order valence-electron chi connectivity index (χ0n) is 15.4. The largest absolute Gasteiger partial charge is 0.469 e. The van der Waals surface area contributed by atoms with Gasteiger partial charge in [0, 0.05) is 15.7 Å². The van der Waals surface area contributed by atoms with Gasteiger partial charge in [0.1, 0.15) is 5.82 Å². The highest BCUT2D eigenvalue weighted by Crippen LogP contribution is 2.44. The predicted octanol–water partition coefficient (Wildman–Crippen LogP) is 6.43. The number of hydrogen-bond acceptors (Lipinski definition) is 3. The van der Waals surface area contributed by atoms with Crippen LogP contribution in [0.25, 0.3) is 0 Å². The minimum Gasteiger partial charge on any atom is -0.469 e. The summed E-state index contributed by atoms with van der Waals surface area (Å²) in [5, 5.41) is -0.612. The van der Waals surface area contributed by atoms with E-state index >= 15 is 0 Å². The van der Waals surface area contributed by atoms with E-state index in [2.05, 4.69) is 4.74 Å². The fourth-order valence-electron chi connectivity index (χ4n) is 2.65. The molecule has 0 aliphatic heterocycles. The van der Waals surface area contributed by atoms with Crippen LogP contribution < -0.4 is 0 Å². The Bertz CT molecular complexity index is 819. The quantitative estimate of drug-likeness (QED) is 0.227. The molecule has 2 nitrogen and oxygen atoms in total. The number of carbonyl (C=O) groups excluding carboxylic acids is 1. The van der Waals surface area contributed by atoms with Crippen molar-refractivity contribution in [2.75, 3.05) is 7.11 Å². The first-order valence-corrected chi connectivity index (χ1v) is 9.42. The van der Waals surface area contributed by atoms with E-state index in [1.54, 1.807) is 31.2 Å². The molecule has 0 heterocycles. The molecular weight excluding hydrogens is 392 g/mol. The van der Waals surface area contributed by atoms with Crippen molar-refractivity contribution in [2.45, 2.75) is 29.7 Å². The van der Waals surface area contributed by atoms with Crippen LogP contribution in [-0.2, 0) is 15.7 Å². The molecule has 0 unspecified atom stereocenters. The van der Waals surface area contributed by atoms with Crippen molar-refractivity contribution in [1.82, 2.24) is 0 Å². The molecule has 0 N–H and O–H groups in total. The van der Waals surface area contributed by atoms with Crippen molar-refractivity contribution in [3.63, 3.8) is 0 Å². The summed E-state index contributed by atoms with van der Waals surface area (Å²) in [6.45, 7) is 1.77. The number of thioether (sulfide) groups is 1. The molecule has 0 saturated carbocycles. The number of halogens is 4. The van der Waals surface area contributed by atoms with Gasteiger partial charge in [-0.2, -0.15) is 13.2 Å². The fourth-order valence-corrected chi connectivity index (χ4v) is 3.87. The SMILES string of the molecule is COC(=O)C/C=C/[C@@H](C)[C@H](Sc1ccccc1)c1cccc(C(F)(F)F)c1F. The van der Waals surface area contributed by atoms with Gasteiger partial charge in [-0.1, -0.05) is 49.4 Å². The summed E-state index contributed by atoms with van der Waals surface area (Å²) < 4.78 is 58.7. The Morgan fingerprint density at radius 3 is 2.43 bits per heavy atom. The standard InChI is InChI=1S/C21H20F4O2S/c1-14(8-6-13-18(26)27-2)20(28-15-9-4-3-5-10-15)16-11-7-12-17(19(16)22)21(23,24)25/h3-12,14,20H,13H2,1-2H3/b8-6+/t14-,20+/m1/s1. The molecule has 0 radical (unpaired) electrons. The van der Waals surface area contributed by atoms with E-state index in [-0.39, 0.29) is 17.9 Å². The molecule has 28 heavy (non-hydrogen) atoms. The molecule has 2 rings (SSSR count). The highest BCUT2D eigenvalue weighted by atomic mass is 32.2. The van der Waals surface area contributed by atoms with Crippen molar-refractivity contribution in [3.05, 3.63) is 77.6 Å². The van der Waals surface area contributed by atoms with Crippen LogP contribution in [0.2, 0.25) is 0 Å². The molecule has 2 aromatic rings. The summed E-state index contributed by atoms with van der Waals surface area (Å²) in [5.74, 6) is -2.04. The molecule has 0 aromatic heterocycles. The number of methoxy groups -OCH3 is 1. The molecule has 0 bridgehead atoms. The van der Waals surface area contributed by atoms with Crippen LogP contribution in [-0.4, -0.2) is 13.1 Å². The van der Waals surface area contributed by atoms with E-state index in [9.17, 15) is 22.4 Å². The third-order valence-electron chi connectivity index (χ3n) is 4.08. The van der Waals surface area contributed by atoms with E-state index in [0.29, 0.717) is 0 Å². The Hall–Kier alpha value is -2.28. The maximum absolute atomic E-state index is 14.8. The maximum Gasteiger partial charge on any atom is 0.419 e. The molecule has 0 amide bonds. The van der Waals surface area contributed by atoms with Crippen LogP contribution >= 0.6 is 11.8 Å². The third kappa shape index (κ3) is 5.86. The van der Waals surface area contributed by atoms with Crippen molar-refractivity contribution in [1.29, 1.82) is 0 Å². The van der Waals surface area contributed by atoms with Gasteiger partial charge in [-0.25, -0.2) is 4.39 Å². The normalized spacial score (nSPS) is 14.1.